The molecule has 186 valence electrons. The summed E-state index contributed by atoms with van der Waals surface area (Å²) in [6, 6.07) is 21.6. The van der Waals surface area contributed by atoms with Crippen molar-refractivity contribution in [2.75, 3.05) is 21.3 Å². The number of ether oxygens (including phenoxy) is 3. The Morgan fingerprint density at radius 3 is 2.51 bits per heavy atom. The minimum Gasteiger partial charge on any atom is -0.497 e. The maximum atomic E-state index is 14.0. The van der Waals surface area contributed by atoms with Crippen molar-refractivity contribution >= 4 is 23.1 Å². The number of hydrogen-bond acceptors (Lipinski definition) is 6. The molecule has 6 rings (SSSR count). The average molecular weight is 511 g/mol. The SMILES string of the molecule is COc1ccc(OC)c(/C=c2/sc3n(c2=O)[C@@H](c2ccccc2OC)C2=C(N=3)c3ccccc3CC2)c1. The third kappa shape index (κ3) is 3.86. The molecule has 0 amide bonds. The second kappa shape index (κ2) is 9.41. The molecule has 0 spiro atoms. The molecule has 6 nitrogen and oxygen atoms in total. The van der Waals surface area contributed by atoms with Crippen molar-refractivity contribution in [2.24, 2.45) is 4.99 Å². The van der Waals surface area contributed by atoms with E-state index >= 15 is 0 Å². The molecule has 0 N–H and O–H groups in total. The van der Waals surface area contributed by atoms with Gasteiger partial charge in [0.25, 0.3) is 5.56 Å². The van der Waals surface area contributed by atoms with Crippen molar-refractivity contribution in [3.63, 3.8) is 0 Å². The van der Waals surface area contributed by atoms with Gasteiger partial charge in [-0.2, -0.15) is 0 Å². The van der Waals surface area contributed by atoms with Crippen LogP contribution in [-0.4, -0.2) is 25.9 Å². The zero-order valence-electron chi connectivity index (χ0n) is 20.9. The fourth-order valence-corrected chi connectivity index (χ4v) is 6.28. The van der Waals surface area contributed by atoms with Crippen LogP contribution in [0, 0.1) is 0 Å². The van der Waals surface area contributed by atoms with Crippen LogP contribution in [0.25, 0.3) is 11.8 Å². The van der Waals surface area contributed by atoms with Gasteiger partial charge in [-0.3, -0.25) is 9.36 Å². The minimum atomic E-state index is -0.301. The van der Waals surface area contributed by atoms with E-state index in [0.29, 0.717) is 20.8 Å². The van der Waals surface area contributed by atoms with Crippen LogP contribution in [0.15, 0.2) is 82.1 Å². The number of nitrogens with zero attached hydrogens (tertiary/aromatic N) is 2. The molecular formula is C30H26N2O4S. The van der Waals surface area contributed by atoms with Gasteiger partial charge in [0.1, 0.15) is 17.2 Å². The van der Waals surface area contributed by atoms with E-state index in [4.69, 9.17) is 19.2 Å². The molecule has 37 heavy (non-hydrogen) atoms. The molecule has 3 aromatic carbocycles. The molecule has 7 heteroatoms. The van der Waals surface area contributed by atoms with Crippen LogP contribution in [0.5, 0.6) is 17.2 Å². The van der Waals surface area contributed by atoms with Crippen LogP contribution in [0.3, 0.4) is 0 Å². The van der Waals surface area contributed by atoms with Gasteiger partial charge in [0.05, 0.1) is 37.6 Å². The molecule has 1 aliphatic heterocycles. The topological polar surface area (TPSA) is 62.0 Å². The number of allylic oxidation sites excluding steroid dienone is 1. The highest BCUT2D eigenvalue weighted by atomic mass is 32.1. The lowest BCUT2D eigenvalue weighted by atomic mass is 9.83. The van der Waals surface area contributed by atoms with Crippen LogP contribution in [0.1, 0.15) is 34.7 Å². The zero-order chi connectivity index (χ0) is 25.5. The van der Waals surface area contributed by atoms with Gasteiger partial charge in [0.15, 0.2) is 4.80 Å². The van der Waals surface area contributed by atoms with Crippen LogP contribution in [0.4, 0.5) is 0 Å². The molecule has 1 aliphatic carbocycles. The summed E-state index contributed by atoms with van der Waals surface area (Å²) in [7, 11) is 4.91. The van der Waals surface area contributed by atoms with Crippen molar-refractivity contribution < 1.29 is 14.2 Å². The standard InChI is InChI=1S/C30H26N2O4S/c1-34-20-13-15-24(35-2)19(16-20)17-26-29(33)32-28(22-10-6-7-11-25(22)36-3)23-14-12-18-8-4-5-9-21(18)27(23)31-30(32)37-26/h4-11,13,15-17,28H,12,14H2,1-3H3/b26-17+/t28-/m0/s1. The van der Waals surface area contributed by atoms with Gasteiger partial charge < -0.3 is 14.2 Å². The second-order valence-corrected chi connectivity index (χ2v) is 9.97. The van der Waals surface area contributed by atoms with E-state index in [2.05, 4.69) is 18.2 Å². The molecule has 0 fully saturated rings. The van der Waals surface area contributed by atoms with Crippen molar-refractivity contribution in [3.05, 3.63) is 114 Å². The third-order valence-corrected chi connectivity index (χ3v) is 8.01. The van der Waals surface area contributed by atoms with E-state index in [9.17, 15) is 4.79 Å². The number of aryl methyl sites for hydroxylation is 1. The van der Waals surface area contributed by atoms with Gasteiger partial charge in [0, 0.05) is 16.7 Å². The van der Waals surface area contributed by atoms with Gasteiger partial charge in [-0.1, -0.05) is 53.8 Å². The number of aromatic nitrogens is 1. The fraction of sp³-hybridized carbons (Fsp3) is 0.200. The van der Waals surface area contributed by atoms with Gasteiger partial charge in [-0.15, -0.1) is 0 Å². The van der Waals surface area contributed by atoms with Gasteiger partial charge in [0.2, 0.25) is 0 Å². The van der Waals surface area contributed by atoms with E-state index < -0.39 is 0 Å². The molecule has 4 aromatic rings. The summed E-state index contributed by atoms with van der Waals surface area (Å²) in [6.07, 6.45) is 3.59. The first kappa shape index (κ1) is 23.3. The molecule has 2 heterocycles. The van der Waals surface area contributed by atoms with E-state index in [1.54, 1.807) is 21.3 Å². The maximum Gasteiger partial charge on any atom is 0.271 e. The average Bonchev–Trinajstić information content (AvgIpc) is 3.25. The van der Waals surface area contributed by atoms with Crippen LogP contribution in [0.2, 0.25) is 0 Å². The van der Waals surface area contributed by atoms with E-state index in [-0.39, 0.29) is 11.6 Å². The first-order valence-corrected chi connectivity index (χ1v) is 12.9. The highest BCUT2D eigenvalue weighted by Crippen LogP contribution is 2.43. The third-order valence-electron chi connectivity index (χ3n) is 7.03. The summed E-state index contributed by atoms with van der Waals surface area (Å²) in [5, 5.41) is 0. The molecule has 0 bridgehead atoms. The van der Waals surface area contributed by atoms with E-state index in [1.807, 2.05) is 59.2 Å². The van der Waals surface area contributed by atoms with E-state index in [0.717, 1.165) is 46.6 Å². The molecule has 0 saturated heterocycles. The first-order chi connectivity index (χ1) is 18.1. The van der Waals surface area contributed by atoms with Gasteiger partial charge >= 0.3 is 0 Å². The fourth-order valence-electron chi connectivity index (χ4n) is 5.28. The summed E-state index contributed by atoms with van der Waals surface area (Å²) in [5.74, 6) is 2.11. The van der Waals surface area contributed by atoms with E-state index in [1.165, 1.54) is 16.9 Å². The van der Waals surface area contributed by atoms with Gasteiger partial charge in [-0.25, -0.2) is 4.99 Å². The summed E-state index contributed by atoms with van der Waals surface area (Å²) in [5.41, 5.74) is 6.16. The highest BCUT2D eigenvalue weighted by Gasteiger charge is 2.34. The van der Waals surface area contributed by atoms with Crippen molar-refractivity contribution in [2.45, 2.75) is 18.9 Å². The Morgan fingerprint density at radius 1 is 0.919 bits per heavy atom. The smallest absolute Gasteiger partial charge is 0.271 e. The summed E-state index contributed by atoms with van der Waals surface area (Å²) in [4.78, 5) is 19.8. The molecule has 1 atom stereocenters. The number of benzene rings is 3. The van der Waals surface area contributed by atoms with Crippen molar-refractivity contribution in [1.82, 2.24) is 4.57 Å². The van der Waals surface area contributed by atoms with Crippen molar-refractivity contribution in [3.8, 4) is 17.2 Å². The molecule has 2 aliphatic rings. The summed E-state index contributed by atoms with van der Waals surface area (Å²) in [6.45, 7) is 0. The highest BCUT2D eigenvalue weighted by molar-refractivity contribution is 7.07. The summed E-state index contributed by atoms with van der Waals surface area (Å²) >= 11 is 1.39. The predicted octanol–water partition coefficient (Wildman–Crippen LogP) is 4.34. The maximum absolute atomic E-state index is 14.0. The largest absolute Gasteiger partial charge is 0.497 e. The normalized spacial score (nSPS) is 16.4. The Labute approximate surface area is 218 Å². The number of thiazole rings is 1. The Balaban J connectivity index is 1.64. The number of para-hydroxylation sites is 1. The molecule has 1 aromatic heterocycles. The monoisotopic (exact) mass is 510 g/mol. The molecule has 0 unspecified atom stereocenters. The van der Waals surface area contributed by atoms with Crippen LogP contribution >= 0.6 is 11.3 Å². The zero-order valence-corrected chi connectivity index (χ0v) is 21.7. The minimum absolute atomic E-state index is 0.0880. The number of rotatable bonds is 5. The Hall–Kier alpha value is -4.10. The van der Waals surface area contributed by atoms with Crippen LogP contribution < -0.4 is 29.1 Å². The first-order valence-electron chi connectivity index (χ1n) is 12.1. The lowest BCUT2D eigenvalue weighted by Crippen LogP contribution is -2.39. The summed E-state index contributed by atoms with van der Waals surface area (Å²) < 4.78 is 19.1. The second-order valence-electron chi connectivity index (χ2n) is 8.96. The Bertz CT molecular complexity index is 1730. The van der Waals surface area contributed by atoms with Crippen molar-refractivity contribution in [1.29, 1.82) is 0 Å². The molecule has 0 saturated carbocycles. The Kier molecular flexibility index (Phi) is 5.93. The number of methoxy groups -OCH3 is 3. The van der Waals surface area contributed by atoms with Gasteiger partial charge in [-0.05, 0) is 54.3 Å². The predicted molar refractivity (Wildman–Crippen MR) is 145 cm³/mol. The Morgan fingerprint density at radius 2 is 1.70 bits per heavy atom. The number of fused-ring (bicyclic) bond motifs is 3. The lowest BCUT2D eigenvalue weighted by molar-refractivity contribution is 0.402. The molecular weight excluding hydrogens is 484 g/mol. The number of hydrogen-bond donors (Lipinski definition) is 0. The van der Waals surface area contributed by atoms with Crippen LogP contribution in [-0.2, 0) is 6.42 Å². The molecule has 0 radical (unpaired) electrons. The quantitative estimate of drug-likeness (QED) is 0.401. The lowest BCUT2D eigenvalue weighted by Gasteiger charge is -2.31.